The summed E-state index contributed by atoms with van der Waals surface area (Å²) in [7, 11) is 3.25. The van der Waals surface area contributed by atoms with Crippen molar-refractivity contribution in [2.45, 2.75) is 59.0 Å². The zero-order chi connectivity index (χ0) is 20.3. The molecule has 1 fully saturated rings. The molecule has 0 heterocycles. The zero-order valence-electron chi connectivity index (χ0n) is 17.6. The largest absolute Gasteiger partial charge is 0.493 e. The number of unbranched alkanes of at least 4 members (excludes halogenated alkanes) is 2. The Bertz CT molecular complexity index is 840. The van der Waals surface area contributed by atoms with Crippen LogP contribution in [0.25, 0.3) is 5.57 Å². The fourth-order valence-electron chi connectivity index (χ4n) is 4.12. The highest BCUT2D eigenvalue weighted by atomic mass is 16.5. The quantitative estimate of drug-likeness (QED) is 0.491. The van der Waals surface area contributed by atoms with E-state index in [-0.39, 0.29) is 17.8 Å². The van der Waals surface area contributed by atoms with Crippen molar-refractivity contribution in [1.29, 1.82) is 0 Å². The molecule has 150 valence electrons. The molecule has 0 spiro atoms. The molecule has 1 saturated carbocycles. The average molecular weight is 383 g/mol. The number of rotatable bonds is 7. The third-order valence-corrected chi connectivity index (χ3v) is 5.59. The van der Waals surface area contributed by atoms with E-state index in [9.17, 15) is 4.79 Å². The lowest BCUT2D eigenvalue weighted by molar-refractivity contribution is -0.139. The lowest BCUT2D eigenvalue weighted by Gasteiger charge is -2.40. The fourth-order valence-corrected chi connectivity index (χ4v) is 4.12. The molecule has 0 radical (unpaired) electrons. The van der Waals surface area contributed by atoms with Crippen LogP contribution in [0, 0.1) is 23.2 Å². The Labute approximate surface area is 168 Å². The molecule has 4 heteroatoms. The molecule has 0 unspecified atom stereocenters. The molecule has 1 aromatic rings. The van der Waals surface area contributed by atoms with Gasteiger partial charge in [-0.25, -0.2) is 0 Å². The third-order valence-electron chi connectivity index (χ3n) is 5.59. The third kappa shape index (κ3) is 3.39. The highest BCUT2D eigenvalue weighted by Crippen LogP contribution is 2.60. The van der Waals surface area contributed by atoms with Crippen molar-refractivity contribution < 1.29 is 19.0 Å². The van der Waals surface area contributed by atoms with Crippen LogP contribution >= 0.6 is 0 Å². The number of benzene rings is 1. The Morgan fingerprint density at radius 1 is 1.18 bits per heavy atom. The van der Waals surface area contributed by atoms with Gasteiger partial charge in [0.05, 0.1) is 20.3 Å². The molecule has 0 aromatic heterocycles. The number of carbonyl (C=O) groups excluding carboxylic acids is 1. The monoisotopic (exact) mass is 382 g/mol. The molecule has 1 aromatic carbocycles. The lowest BCUT2D eigenvalue weighted by atomic mass is 9.60. The van der Waals surface area contributed by atoms with Gasteiger partial charge in [0.25, 0.3) is 0 Å². The van der Waals surface area contributed by atoms with E-state index < -0.39 is 5.41 Å². The van der Waals surface area contributed by atoms with Crippen molar-refractivity contribution in [1.82, 2.24) is 0 Å². The molecule has 3 rings (SSSR count). The topological polar surface area (TPSA) is 44.8 Å². The predicted molar refractivity (Wildman–Crippen MR) is 110 cm³/mol. The van der Waals surface area contributed by atoms with Crippen LogP contribution < -0.4 is 9.47 Å². The second kappa shape index (κ2) is 8.31. The van der Waals surface area contributed by atoms with Gasteiger partial charge in [-0.05, 0) is 50.0 Å². The smallest absolute Gasteiger partial charge is 0.161 e. The summed E-state index contributed by atoms with van der Waals surface area (Å²) in [6.45, 7) is 6.14. The Balaban J connectivity index is 2.09. The van der Waals surface area contributed by atoms with Gasteiger partial charge in [0.2, 0.25) is 0 Å². The molecule has 2 aliphatic rings. The maximum absolute atomic E-state index is 12.8. The van der Waals surface area contributed by atoms with Gasteiger partial charge >= 0.3 is 0 Å². The first-order valence-corrected chi connectivity index (χ1v) is 10.1. The van der Waals surface area contributed by atoms with Crippen LogP contribution in [-0.4, -0.2) is 26.1 Å². The molecule has 4 nitrogen and oxygen atoms in total. The summed E-state index contributed by atoms with van der Waals surface area (Å²) >= 11 is 0. The number of Topliss-reactive ketones (excluding diaryl/α,β-unsaturated/α-hetero) is 1. The minimum absolute atomic E-state index is 0.0217. The van der Waals surface area contributed by atoms with Gasteiger partial charge in [-0.3, -0.25) is 4.79 Å². The molecular formula is C24H30O4. The van der Waals surface area contributed by atoms with Gasteiger partial charge in [-0.2, -0.15) is 0 Å². The van der Waals surface area contributed by atoms with Crippen molar-refractivity contribution >= 4 is 11.4 Å². The summed E-state index contributed by atoms with van der Waals surface area (Å²) < 4.78 is 17.1. The Hall–Kier alpha value is -2.41. The van der Waals surface area contributed by atoms with Crippen LogP contribution in [-0.2, 0) is 9.53 Å². The molecule has 2 aliphatic carbocycles. The van der Waals surface area contributed by atoms with E-state index in [1.165, 1.54) is 0 Å². The standard InChI is InChI=1S/C24H30O4/c1-6-7-8-9-12-24-18(15-22(24)25)14-19(23(24)28-16(2)3)17-10-11-20(26-4)21(13-17)27-5/h10-11,13,16,18H,6-8,14-15H2,1-5H3/t18-,24-/m0/s1. The van der Waals surface area contributed by atoms with E-state index in [0.717, 1.165) is 42.6 Å². The van der Waals surface area contributed by atoms with Crippen LogP contribution in [0.5, 0.6) is 11.5 Å². The first-order valence-electron chi connectivity index (χ1n) is 10.1. The van der Waals surface area contributed by atoms with Crippen molar-refractivity contribution in [3.63, 3.8) is 0 Å². The van der Waals surface area contributed by atoms with Crippen LogP contribution in [0.3, 0.4) is 0 Å². The summed E-state index contributed by atoms with van der Waals surface area (Å²) in [4.78, 5) is 12.8. The number of hydrogen-bond acceptors (Lipinski definition) is 4. The predicted octanol–water partition coefficient (Wildman–Crippen LogP) is 5.01. The minimum Gasteiger partial charge on any atom is -0.493 e. The van der Waals surface area contributed by atoms with Crippen molar-refractivity contribution in [2.24, 2.45) is 11.3 Å². The fraction of sp³-hybridized carbons (Fsp3) is 0.542. The first-order chi connectivity index (χ1) is 13.5. The highest BCUT2D eigenvalue weighted by molar-refractivity contribution is 6.02. The van der Waals surface area contributed by atoms with Gasteiger partial charge in [0, 0.05) is 18.8 Å². The SMILES string of the molecule is CCCCC#C[C@@]12C(=O)C[C@@H]1CC(c1ccc(OC)c(OC)c1)=C2OC(C)C. The van der Waals surface area contributed by atoms with E-state index in [1.807, 2.05) is 32.0 Å². The first kappa shape index (κ1) is 20.3. The Kier molecular flexibility index (Phi) is 6.03. The summed E-state index contributed by atoms with van der Waals surface area (Å²) in [5.41, 5.74) is 1.31. The van der Waals surface area contributed by atoms with E-state index in [1.54, 1.807) is 14.2 Å². The van der Waals surface area contributed by atoms with Crippen molar-refractivity contribution in [3.05, 3.63) is 29.5 Å². The Morgan fingerprint density at radius 3 is 2.54 bits per heavy atom. The van der Waals surface area contributed by atoms with E-state index in [0.29, 0.717) is 17.9 Å². The number of carbonyl (C=O) groups is 1. The number of hydrogen-bond donors (Lipinski definition) is 0. The van der Waals surface area contributed by atoms with Gasteiger partial charge < -0.3 is 14.2 Å². The maximum atomic E-state index is 12.8. The molecule has 0 amide bonds. The molecule has 0 bridgehead atoms. The van der Waals surface area contributed by atoms with Gasteiger partial charge in [0.15, 0.2) is 22.7 Å². The van der Waals surface area contributed by atoms with Crippen LogP contribution in [0.4, 0.5) is 0 Å². The van der Waals surface area contributed by atoms with E-state index >= 15 is 0 Å². The number of methoxy groups -OCH3 is 2. The van der Waals surface area contributed by atoms with Crippen LogP contribution in [0.2, 0.25) is 0 Å². The van der Waals surface area contributed by atoms with Crippen molar-refractivity contribution in [3.8, 4) is 23.3 Å². The number of ether oxygens (including phenoxy) is 3. The molecule has 0 aliphatic heterocycles. The summed E-state index contributed by atoms with van der Waals surface area (Å²) in [6.07, 6.45) is 4.32. The van der Waals surface area contributed by atoms with Crippen LogP contribution in [0.15, 0.2) is 24.0 Å². The highest BCUT2D eigenvalue weighted by Gasteiger charge is 2.62. The summed E-state index contributed by atoms with van der Waals surface area (Å²) in [6, 6.07) is 5.87. The molecular weight excluding hydrogens is 352 g/mol. The van der Waals surface area contributed by atoms with Gasteiger partial charge in [-0.1, -0.05) is 25.3 Å². The molecule has 0 N–H and O–H groups in total. The number of allylic oxidation sites excluding steroid dienone is 2. The molecule has 28 heavy (non-hydrogen) atoms. The van der Waals surface area contributed by atoms with Crippen LogP contribution in [0.1, 0.15) is 58.4 Å². The van der Waals surface area contributed by atoms with Gasteiger partial charge in [-0.15, -0.1) is 5.92 Å². The summed E-state index contributed by atoms with van der Waals surface area (Å²) in [5.74, 6) is 9.11. The van der Waals surface area contributed by atoms with Gasteiger partial charge in [0.1, 0.15) is 5.76 Å². The van der Waals surface area contributed by atoms with E-state index in [2.05, 4.69) is 18.8 Å². The minimum atomic E-state index is -0.763. The average Bonchev–Trinajstić information content (AvgIpc) is 2.92. The number of ketones is 1. The molecule has 0 saturated heterocycles. The second-order valence-electron chi connectivity index (χ2n) is 7.79. The molecule has 2 atom stereocenters. The summed E-state index contributed by atoms with van der Waals surface area (Å²) in [5, 5.41) is 0. The maximum Gasteiger partial charge on any atom is 0.161 e. The van der Waals surface area contributed by atoms with Crippen molar-refractivity contribution in [2.75, 3.05) is 14.2 Å². The van der Waals surface area contributed by atoms with E-state index in [4.69, 9.17) is 14.2 Å². The Morgan fingerprint density at radius 2 is 1.93 bits per heavy atom. The number of fused-ring (bicyclic) bond motifs is 1. The zero-order valence-corrected chi connectivity index (χ0v) is 17.6. The lowest BCUT2D eigenvalue weighted by Crippen LogP contribution is -2.48. The second-order valence-corrected chi connectivity index (χ2v) is 7.79. The normalized spacial score (nSPS) is 23.1.